The molecule has 0 bridgehead atoms. The van der Waals surface area contributed by atoms with Crippen LogP contribution in [0.2, 0.25) is 0 Å². The fourth-order valence-corrected chi connectivity index (χ4v) is 2.74. The maximum Gasteiger partial charge on any atom is 0.264 e. The van der Waals surface area contributed by atoms with Crippen molar-refractivity contribution in [2.75, 3.05) is 30.9 Å². The maximum absolute atomic E-state index is 12.1. The Morgan fingerprint density at radius 2 is 1.75 bits per heavy atom. The number of carbonyl (C=O) groups is 3. The van der Waals surface area contributed by atoms with Gasteiger partial charge in [-0.2, -0.15) is 0 Å². The van der Waals surface area contributed by atoms with E-state index in [9.17, 15) is 14.4 Å². The van der Waals surface area contributed by atoms with E-state index in [2.05, 4.69) is 5.32 Å². The quantitative estimate of drug-likeness (QED) is 0.905. The van der Waals surface area contributed by atoms with Crippen LogP contribution >= 0.6 is 11.3 Å². The van der Waals surface area contributed by atoms with Crippen molar-refractivity contribution in [2.24, 2.45) is 0 Å². The van der Waals surface area contributed by atoms with E-state index in [0.717, 1.165) is 5.69 Å². The highest BCUT2D eigenvalue weighted by molar-refractivity contribution is 7.12. The van der Waals surface area contributed by atoms with Gasteiger partial charge >= 0.3 is 0 Å². The number of hydrogen-bond donors (Lipinski definition) is 1. The van der Waals surface area contributed by atoms with Crippen molar-refractivity contribution >= 4 is 40.4 Å². The SMILES string of the molecule is CC(=O)N(C)c1ccc(NC(=O)CN(C)C(=O)c2cccs2)cc1. The number of carbonyl (C=O) groups excluding carboxylic acids is 3. The molecule has 0 aliphatic heterocycles. The van der Waals surface area contributed by atoms with Crippen molar-refractivity contribution in [1.29, 1.82) is 0 Å². The number of rotatable bonds is 5. The lowest BCUT2D eigenvalue weighted by Crippen LogP contribution is -2.34. The van der Waals surface area contributed by atoms with Crippen molar-refractivity contribution in [3.05, 3.63) is 46.7 Å². The fourth-order valence-electron chi connectivity index (χ4n) is 2.03. The zero-order valence-electron chi connectivity index (χ0n) is 13.8. The molecule has 0 saturated heterocycles. The minimum absolute atomic E-state index is 0.0359. The molecule has 126 valence electrons. The number of hydrogen-bond acceptors (Lipinski definition) is 4. The molecule has 0 aliphatic carbocycles. The summed E-state index contributed by atoms with van der Waals surface area (Å²) < 4.78 is 0. The smallest absolute Gasteiger partial charge is 0.264 e. The van der Waals surface area contributed by atoms with Crippen LogP contribution in [-0.4, -0.2) is 43.3 Å². The number of benzene rings is 1. The summed E-state index contributed by atoms with van der Waals surface area (Å²) in [6.45, 7) is 1.45. The van der Waals surface area contributed by atoms with Gasteiger partial charge in [-0.15, -0.1) is 11.3 Å². The number of nitrogens with one attached hydrogen (secondary N) is 1. The summed E-state index contributed by atoms with van der Waals surface area (Å²) in [5.41, 5.74) is 1.35. The largest absolute Gasteiger partial charge is 0.332 e. The topological polar surface area (TPSA) is 69.7 Å². The van der Waals surface area contributed by atoms with Gasteiger partial charge in [0.05, 0.1) is 11.4 Å². The first-order valence-corrected chi connectivity index (χ1v) is 8.19. The molecule has 2 rings (SSSR count). The number of nitrogens with zero attached hydrogens (tertiary/aromatic N) is 2. The van der Waals surface area contributed by atoms with Gasteiger partial charge in [0.2, 0.25) is 11.8 Å². The zero-order valence-corrected chi connectivity index (χ0v) is 14.6. The Bertz CT molecular complexity index is 726. The maximum atomic E-state index is 12.1. The fraction of sp³-hybridized carbons (Fsp3) is 0.235. The van der Waals surface area contributed by atoms with Crippen molar-refractivity contribution in [3.8, 4) is 0 Å². The van der Waals surface area contributed by atoms with Gasteiger partial charge in [-0.3, -0.25) is 14.4 Å². The van der Waals surface area contributed by atoms with Gasteiger partial charge < -0.3 is 15.1 Å². The first-order chi connectivity index (χ1) is 11.4. The Balaban J connectivity index is 1.92. The van der Waals surface area contributed by atoms with Gasteiger partial charge in [0.1, 0.15) is 0 Å². The zero-order chi connectivity index (χ0) is 17.7. The highest BCUT2D eigenvalue weighted by Gasteiger charge is 2.15. The predicted octanol–water partition coefficient (Wildman–Crippen LogP) is 2.44. The van der Waals surface area contributed by atoms with Crippen molar-refractivity contribution < 1.29 is 14.4 Å². The Morgan fingerprint density at radius 1 is 1.08 bits per heavy atom. The van der Waals surface area contributed by atoms with Crippen LogP contribution in [0.1, 0.15) is 16.6 Å². The Hall–Kier alpha value is -2.67. The highest BCUT2D eigenvalue weighted by Crippen LogP contribution is 2.17. The molecule has 7 heteroatoms. The molecule has 6 nitrogen and oxygen atoms in total. The lowest BCUT2D eigenvalue weighted by Gasteiger charge is -2.17. The van der Waals surface area contributed by atoms with Crippen LogP contribution in [-0.2, 0) is 9.59 Å². The molecule has 0 fully saturated rings. The summed E-state index contributed by atoms with van der Waals surface area (Å²) in [5, 5.41) is 4.56. The second-order valence-electron chi connectivity index (χ2n) is 5.31. The monoisotopic (exact) mass is 345 g/mol. The normalized spacial score (nSPS) is 10.1. The van der Waals surface area contributed by atoms with E-state index >= 15 is 0 Å². The van der Waals surface area contributed by atoms with E-state index < -0.39 is 0 Å². The molecule has 0 saturated carbocycles. The number of anilines is 2. The summed E-state index contributed by atoms with van der Waals surface area (Å²) in [6, 6.07) is 10.5. The molecule has 0 aliphatic rings. The Kier molecular flexibility index (Phi) is 5.70. The third kappa shape index (κ3) is 4.42. The lowest BCUT2D eigenvalue weighted by molar-refractivity contribution is -0.117. The van der Waals surface area contributed by atoms with Crippen LogP contribution in [0.15, 0.2) is 41.8 Å². The van der Waals surface area contributed by atoms with Crippen LogP contribution in [0.25, 0.3) is 0 Å². The summed E-state index contributed by atoms with van der Waals surface area (Å²) in [7, 11) is 3.27. The van der Waals surface area contributed by atoms with Crippen LogP contribution in [0.3, 0.4) is 0 Å². The van der Waals surface area contributed by atoms with Gasteiger partial charge in [-0.05, 0) is 35.7 Å². The standard InChI is InChI=1S/C17H19N3O3S/c1-12(21)20(3)14-8-6-13(7-9-14)18-16(22)11-19(2)17(23)15-5-4-10-24-15/h4-10H,11H2,1-3H3,(H,18,22). The minimum atomic E-state index is -0.282. The lowest BCUT2D eigenvalue weighted by atomic mass is 10.2. The average Bonchev–Trinajstić information content (AvgIpc) is 3.08. The van der Waals surface area contributed by atoms with Gasteiger partial charge in [0, 0.05) is 32.4 Å². The first kappa shape index (κ1) is 17.7. The Morgan fingerprint density at radius 3 is 2.29 bits per heavy atom. The molecule has 1 aromatic heterocycles. The van der Waals surface area contributed by atoms with Crippen LogP contribution in [0.5, 0.6) is 0 Å². The molecule has 0 radical (unpaired) electrons. The second-order valence-corrected chi connectivity index (χ2v) is 6.26. The molecule has 0 unspecified atom stereocenters. The summed E-state index contributed by atoms with van der Waals surface area (Å²) in [5.74, 6) is -0.533. The number of likely N-dealkylation sites (N-methyl/N-ethyl adjacent to an activating group) is 1. The van der Waals surface area contributed by atoms with Crippen LogP contribution < -0.4 is 10.2 Å². The Labute approximate surface area is 144 Å². The molecular weight excluding hydrogens is 326 g/mol. The molecule has 0 spiro atoms. The molecule has 1 heterocycles. The molecular formula is C17H19N3O3S. The summed E-state index contributed by atoms with van der Waals surface area (Å²) in [6.07, 6.45) is 0. The molecule has 24 heavy (non-hydrogen) atoms. The van der Waals surface area contributed by atoms with Gasteiger partial charge in [-0.1, -0.05) is 6.07 Å². The van der Waals surface area contributed by atoms with Crippen molar-refractivity contribution in [2.45, 2.75) is 6.92 Å². The van der Waals surface area contributed by atoms with E-state index in [1.807, 2.05) is 5.38 Å². The van der Waals surface area contributed by atoms with Crippen LogP contribution in [0.4, 0.5) is 11.4 Å². The number of amides is 3. The van der Waals surface area contributed by atoms with Crippen molar-refractivity contribution in [3.63, 3.8) is 0 Å². The first-order valence-electron chi connectivity index (χ1n) is 7.31. The molecule has 1 aromatic carbocycles. The van der Waals surface area contributed by atoms with Gasteiger partial charge in [0.15, 0.2) is 0 Å². The van der Waals surface area contributed by atoms with Crippen LogP contribution in [0, 0.1) is 0 Å². The highest BCUT2D eigenvalue weighted by atomic mass is 32.1. The third-order valence-electron chi connectivity index (χ3n) is 3.47. The summed E-state index contributed by atoms with van der Waals surface area (Å²) >= 11 is 1.34. The third-order valence-corrected chi connectivity index (χ3v) is 4.33. The van der Waals surface area contributed by atoms with Gasteiger partial charge in [-0.25, -0.2) is 0 Å². The number of thiophene rings is 1. The minimum Gasteiger partial charge on any atom is -0.332 e. The van der Waals surface area contributed by atoms with E-state index in [1.54, 1.807) is 50.5 Å². The molecule has 0 atom stereocenters. The predicted molar refractivity (Wildman–Crippen MR) is 95.4 cm³/mol. The molecule has 3 amide bonds. The van der Waals surface area contributed by atoms with Crippen molar-refractivity contribution in [1.82, 2.24) is 4.90 Å². The second kappa shape index (κ2) is 7.74. The van der Waals surface area contributed by atoms with E-state index in [1.165, 1.54) is 28.1 Å². The average molecular weight is 345 g/mol. The van der Waals surface area contributed by atoms with Gasteiger partial charge in [0.25, 0.3) is 5.91 Å². The van der Waals surface area contributed by atoms with E-state index in [0.29, 0.717) is 10.6 Å². The summed E-state index contributed by atoms with van der Waals surface area (Å²) in [4.78, 5) is 38.9. The van der Waals surface area contributed by atoms with E-state index in [-0.39, 0.29) is 24.3 Å². The van der Waals surface area contributed by atoms with E-state index in [4.69, 9.17) is 0 Å². The molecule has 1 N–H and O–H groups in total. The molecule has 2 aromatic rings.